The first-order chi connectivity index (χ1) is 13.5. The minimum atomic E-state index is -0.300. The van der Waals surface area contributed by atoms with Crippen LogP contribution < -0.4 is 5.73 Å². The highest BCUT2D eigenvalue weighted by molar-refractivity contribution is 5.81. The summed E-state index contributed by atoms with van der Waals surface area (Å²) in [5, 5.41) is 8.90. The van der Waals surface area contributed by atoms with E-state index in [4.69, 9.17) is 11.0 Å². The number of primary amides is 1. The number of piperidine rings is 1. The van der Waals surface area contributed by atoms with Gasteiger partial charge in [-0.1, -0.05) is 12.1 Å². The number of likely N-dealkylation sites (tertiary alicyclic amines) is 1. The fraction of sp³-hybridized carbons (Fsp3) is 0.571. The van der Waals surface area contributed by atoms with Gasteiger partial charge in [-0.2, -0.15) is 5.26 Å². The Labute approximate surface area is 166 Å². The summed E-state index contributed by atoms with van der Waals surface area (Å²) < 4.78 is 0. The molecule has 2 heterocycles. The van der Waals surface area contributed by atoms with Gasteiger partial charge in [0.05, 0.1) is 24.1 Å². The standard InChI is InChI=1S/C21H29N5O2/c22-13-17-4-6-18(7-5-17)14-24-8-2-9-25(12-11-24)16-20(27)26-10-1-3-19(15-26)21(23)28/h4-7,19H,1-3,8-12,14-16H2,(H2,23,28). The zero-order chi connectivity index (χ0) is 19.9. The Morgan fingerprint density at radius 3 is 2.46 bits per heavy atom. The maximum Gasteiger partial charge on any atom is 0.236 e. The first kappa shape index (κ1) is 20.3. The molecule has 1 aromatic rings. The van der Waals surface area contributed by atoms with Crippen molar-refractivity contribution in [3.63, 3.8) is 0 Å². The van der Waals surface area contributed by atoms with Crippen molar-refractivity contribution in [1.29, 1.82) is 5.26 Å². The highest BCUT2D eigenvalue weighted by Gasteiger charge is 2.28. The van der Waals surface area contributed by atoms with E-state index < -0.39 is 0 Å². The van der Waals surface area contributed by atoms with Gasteiger partial charge in [-0.05, 0) is 50.0 Å². The van der Waals surface area contributed by atoms with Crippen LogP contribution in [-0.4, -0.2) is 72.3 Å². The third-order valence-corrected chi connectivity index (χ3v) is 5.71. The lowest BCUT2D eigenvalue weighted by molar-refractivity contribution is -0.136. The number of carbonyl (C=O) groups is 2. The molecular weight excluding hydrogens is 354 g/mol. The Morgan fingerprint density at radius 1 is 1.04 bits per heavy atom. The smallest absolute Gasteiger partial charge is 0.236 e. The number of hydrogen-bond donors (Lipinski definition) is 1. The molecule has 1 unspecified atom stereocenters. The number of rotatable bonds is 5. The Morgan fingerprint density at radius 2 is 1.75 bits per heavy atom. The summed E-state index contributed by atoms with van der Waals surface area (Å²) in [5.41, 5.74) is 7.30. The van der Waals surface area contributed by atoms with Crippen molar-refractivity contribution < 1.29 is 9.59 Å². The Kier molecular flexibility index (Phi) is 7.01. The molecule has 0 saturated carbocycles. The average Bonchev–Trinajstić information content (AvgIpc) is 2.93. The predicted molar refractivity (Wildman–Crippen MR) is 106 cm³/mol. The summed E-state index contributed by atoms with van der Waals surface area (Å²) >= 11 is 0. The lowest BCUT2D eigenvalue weighted by Gasteiger charge is -2.33. The van der Waals surface area contributed by atoms with Crippen LogP contribution in [0.5, 0.6) is 0 Å². The molecule has 0 aromatic heterocycles. The molecule has 0 radical (unpaired) electrons. The molecule has 0 aliphatic carbocycles. The zero-order valence-corrected chi connectivity index (χ0v) is 16.3. The van der Waals surface area contributed by atoms with Crippen LogP contribution in [0.25, 0.3) is 0 Å². The molecule has 2 aliphatic rings. The summed E-state index contributed by atoms with van der Waals surface area (Å²) in [4.78, 5) is 30.5. The third-order valence-electron chi connectivity index (χ3n) is 5.71. The van der Waals surface area contributed by atoms with Crippen LogP contribution in [-0.2, 0) is 16.1 Å². The molecule has 1 aromatic carbocycles. The van der Waals surface area contributed by atoms with Crippen molar-refractivity contribution in [1.82, 2.24) is 14.7 Å². The van der Waals surface area contributed by atoms with Gasteiger partial charge in [0.15, 0.2) is 0 Å². The van der Waals surface area contributed by atoms with E-state index in [0.717, 1.165) is 58.5 Å². The largest absolute Gasteiger partial charge is 0.369 e. The van der Waals surface area contributed by atoms with Crippen LogP contribution in [0.2, 0.25) is 0 Å². The van der Waals surface area contributed by atoms with Crippen molar-refractivity contribution in [3.05, 3.63) is 35.4 Å². The number of carbonyl (C=O) groups excluding carboxylic acids is 2. The van der Waals surface area contributed by atoms with Gasteiger partial charge in [0.1, 0.15) is 0 Å². The van der Waals surface area contributed by atoms with E-state index in [1.54, 1.807) is 4.90 Å². The van der Waals surface area contributed by atoms with E-state index in [0.29, 0.717) is 18.7 Å². The van der Waals surface area contributed by atoms with Gasteiger partial charge < -0.3 is 10.6 Å². The number of amides is 2. The number of hydrogen-bond acceptors (Lipinski definition) is 5. The molecule has 2 aliphatic heterocycles. The number of nitrogens with two attached hydrogens (primary N) is 1. The second kappa shape index (κ2) is 9.67. The molecule has 1 atom stereocenters. The molecular formula is C21H29N5O2. The molecule has 2 N–H and O–H groups in total. The summed E-state index contributed by atoms with van der Waals surface area (Å²) in [6, 6.07) is 9.88. The van der Waals surface area contributed by atoms with Gasteiger partial charge in [0, 0.05) is 32.7 Å². The molecule has 2 amide bonds. The molecule has 7 nitrogen and oxygen atoms in total. The van der Waals surface area contributed by atoms with Crippen LogP contribution in [0.15, 0.2) is 24.3 Å². The number of nitrogens with zero attached hydrogens (tertiary/aromatic N) is 4. The monoisotopic (exact) mass is 383 g/mol. The average molecular weight is 383 g/mol. The second-order valence-corrected chi connectivity index (χ2v) is 7.80. The van der Waals surface area contributed by atoms with E-state index in [1.165, 1.54) is 5.56 Å². The second-order valence-electron chi connectivity index (χ2n) is 7.80. The van der Waals surface area contributed by atoms with Crippen LogP contribution in [0.3, 0.4) is 0 Å². The first-order valence-electron chi connectivity index (χ1n) is 10.1. The van der Waals surface area contributed by atoms with E-state index in [1.807, 2.05) is 24.3 Å². The SMILES string of the molecule is N#Cc1ccc(CN2CCCN(CC(=O)N3CCCC(C(N)=O)C3)CC2)cc1. The van der Waals surface area contributed by atoms with Gasteiger partial charge >= 0.3 is 0 Å². The van der Waals surface area contributed by atoms with E-state index in [9.17, 15) is 9.59 Å². The lowest BCUT2D eigenvalue weighted by atomic mass is 9.97. The zero-order valence-electron chi connectivity index (χ0n) is 16.3. The van der Waals surface area contributed by atoms with Gasteiger partial charge in [0.2, 0.25) is 11.8 Å². The van der Waals surface area contributed by atoms with Crippen LogP contribution in [0.1, 0.15) is 30.4 Å². The van der Waals surface area contributed by atoms with Crippen LogP contribution in [0.4, 0.5) is 0 Å². The quantitative estimate of drug-likeness (QED) is 0.811. The van der Waals surface area contributed by atoms with Crippen LogP contribution >= 0.6 is 0 Å². The number of nitriles is 1. The van der Waals surface area contributed by atoms with Gasteiger partial charge in [0.25, 0.3) is 0 Å². The summed E-state index contributed by atoms with van der Waals surface area (Å²) in [7, 11) is 0. The normalized spacial score (nSPS) is 21.7. The molecule has 0 bridgehead atoms. The summed E-state index contributed by atoms with van der Waals surface area (Å²) in [6.07, 6.45) is 2.65. The van der Waals surface area contributed by atoms with Crippen molar-refractivity contribution in [2.24, 2.45) is 11.7 Å². The van der Waals surface area contributed by atoms with Crippen molar-refractivity contribution in [2.75, 3.05) is 45.8 Å². The first-order valence-corrected chi connectivity index (χ1v) is 10.1. The van der Waals surface area contributed by atoms with Gasteiger partial charge in [-0.3, -0.25) is 19.4 Å². The minimum absolute atomic E-state index is 0.103. The Balaban J connectivity index is 1.47. The Bertz CT molecular complexity index is 727. The maximum absolute atomic E-state index is 12.7. The van der Waals surface area contributed by atoms with Crippen molar-refractivity contribution >= 4 is 11.8 Å². The van der Waals surface area contributed by atoms with E-state index in [-0.39, 0.29) is 17.7 Å². The van der Waals surface area contributed by atoms with Crippen molar-refractivity contribution in [3.8, 4) is 6.07 Å². The van der Waals surface area contributed by atoms with E-state index >= 15 is 0 Å². The molecule has 0 spiro atoms. The molecule has 28 heavy (non-hydrogen) atoms. The minimum Gasteiger partial charge on any atom is -0.369 e. The fourth-order valence-corrected chi connectivity index (χ4v) is 4.01. The maximum atomic E-state index is 12.7. The third kappa shape index (κ3) is 5.54. The fourth-order valence-electron chi connectivity index (χ4n) is 4.01. The topological polar surface area (TPSA) is 93.7 Å². The van der Waals surface area contributed by atoms with E-state index in [2.05, 4.69) is 15.9 Å². The molecule has 3 rings (SSSR count). The highest BCUT2D eigenvalue weighted by Crippen LogP contribution is 2.17. The summed E-state index contributed by atoms with van der Waals surface area (Å²) in [6.45, 7) is 6.14. The summed E-state index contributed by atoms with van der Waals surface area (Å²) in [5.74, 6) is -0.401. The lowest BCUT2D eigenvalue weighted by Crippen LogP contribution is -2.48. The highest BCUT2D eigenvalue weighted by atomic mass is 16.2. The molecule has 2 saturated heterocycles. The van der Waals surface area contributed by atoms with Gasteiger partial charge in [-0.15, -0.1) is 0 Å². The number of benzene rings is 1. The van der Waals surface area contributed by atoms with Crippen LogP contribution in [0, 0.1) is 17.2 Å². The van der Waals surface area contributed by atoms with Crippen molar-refractivity contribution in [2.45, 2.75) is 25.8 Å². The van der Waals surface area contributed by atoms with Gasteiger partial charge in [-0.25, -0.2) is 0 Å². The predicted octanol–water partition coefficient (Wildman–Crippen LogP) is 0.790. The molecule has 7 heteroatoms. The molecule has 150 valence electrons. The molecule has 2 fully saturated rings. The Hall–Kier alpha value is -2.43.